The number of aliphatic hydroxyl groups excluding tert-OH is 1. The van der Waals surface area contributed by atoms with Crippen LogP contribution < -0.4 is 0 Å². The van der Waals surface area contributed by atoms with Crippen LogP contribution >= 0.6 is 0 Å². The van der Waals surface area contributed by atoms with Crippen LogP contribution in [-0.2, 0) is 9.53 Å². The number of ether oxygens (including phenoxy) is 1. The van der Waals surface area contributed by atoms with Gasteiger partial charge in [0.25, 0.3) is 0 Å². The number of hydrogen-bond acceptors (Lipinski definition) is 5. The van der Waals surface area contributed by atoms with Crippen molar-refractivity contribution in [3.63, 3.8) is 0 Å². The molecule has 6 heteroatoms. The van der Waals surface area contributed by atoms with Gasteiger partial charge in [0.1, 0.15) is 18.2 Å². The molecule has 0 aliphatic heterocycles. The van der Waals surface area contributed by atoms with Crippen LogP contribution in [0.5, 0.6) is 0 Å². The van der Waals surface area contributed by atoms with Crippen molar-refractivity contribution < 1.29 is 14.6 Å². The molecule has 1 aromatic heterocycles. The molecule has 0 atom stereocenters. The summed E-state index contributed by atoms with van der Waals surface area (Å²) in [6.07, 6.45) is 6.04. The molecule has 130 valence electrons. The maximum absolute atomic E-state index is 11.9. The van der Waals surface area contributed by atoms with Crippen molar-refractivity contribution in [3.05, 3.63) is 35.8 Å². The first-order chi connectivity index (χ1) is 12.2. The third kappa shape index (κ3) is 4.18. The zero-order valence-electron chi connectivity index (χ0n) is 14.0. The summed E-state index contributed by atoms with van der Waals surface area (Å²) in [4.78, 5) is 19.2. The van der Waals surface area contributed by atoms with E-state index in [1.54, 1.807) is 0 Å². The Morgan fingerprint density at radius 1 is 1.32 bits per heavy atom. The van der Waals surface area contributed by atoms with Crippen LogP contribution in [0.15, 0.2) is 30.0 Å². The van der Waals surface area contributed by atoms with Crippen molar-refractivity contribution in [2.75, 3.05) is 6.61 Å². The number of rotatable bonds is 5. The molecular formula is C19H21N3O3. The number of esters is 1. The van der Waals surface area contributed by atoms with Gasteiger partial charge in [-0.2, -0.15) is 5.26 Å². The highest BCUT2D eigenvalue weighted by atomic mass is 16.5. The van der Waals surface area contributed by atoms with Gasteiger partial charge in [-0.25, -0.2) is 4.98 Å². The maximum atomic E-state index is 11.9. The summed E-state index contributed by atoms with van der Waals surface area (Å²) in [6.45, 7) is -0.314. The van der Waals surface area contributed by atoms with Crippen molar-refractivity contribution in [2.24, 2.45) is 5.92 Å². The molecule has 0 bridgehead atoms. The molecule has 3 rings (SSSR count). The van der Waals surface area contributed by atoms with Crippen LogP contribution in [0, 0.1) is 17.2 Å². The number of allylic oxidation sites excluding steroid dienone is 1. The van der Waals surface area contributed by atoms with Gasteiger partial charge in [-0.05, 0) is 30.9 Å². The second-order valence-corrected chi connectivity index (χ2v) is 6.40. The lowest BCUT2D eigenvalue weighted by Gasteiger charge is -2.20. The van der Waals surface area contributed by atoms with Gasteiger partial charge in [0.15, 0.2) is 11.6 Å². The molecule has 2 aromatic rings. The molecular weight excluding hydrogens is 318 g/mol. The topological polar surface area (TPSA) is 99.0 Å². The molecule has 2 N–H and O–H groups in total. The van der Waals surface area contributed by atoms with Crippen LogP contribution in [0.1, 0.15) is 44.3 Å². The van der Waals surface area contributed by atoms with E-state index in [0.29, 0.717) is 17.9 Å². The molecule has 0 radical (unpaired) electrons. The smallest absolute Gasteiger partial charge is 0.306 e. The summed E-state index contributed by atoms with van der Waals surface area (Å²) in [5.41, 5.74) is 1.46. The lowest BCUT2D eigenvalue weighted by Crippen LogP contribution is -2.15. The number of imidazole rings is 1. The number of H-pyrrole nitrogens is 1. The first-order valence-corrected chi connectivity index (χ1v) is 8.60. The van der Waals surface area contributed by atoms with Crippen molar-refractivity contribution in [2.45, 2.75) is 38.5 Å². The van der Waals surface area contributed by atoms with E-state index in [9.17, 15) is 15.2 Å². The summed E-state index contributed by atoms with van der Waals surface area (Å²) in [7, 11) is 0. The molecule has 1 aliphatic rings. The number of aromatic amines is 1. The molecule has 1 fully saturated rings. The fourth-order valence-electron chi connectivity index (χ4n) is 3.23. The van der Waals surface area contributed by atoms with Crippen molar-refractivity contribution in [3.8, 4) is 6.07 Å². The van der Waals surface area contributed by atoms with E-state index in [1.807, 2.05) is 30.3 Å². The van der Waals surface area contributed by atoms with E-state index < -0.39 is 0 Å². The summed E-state index contributed by atoms with van der Waals surface area (Å²) < 4.78 is 5.15. The number of benzene rings is 1. The highest BCUT2D eigenvalue weighted by Crippen LogP contribution is 2.26. The minimum atomic E-state index is -0.333. The lowest BCUT2D eigenvalue weighted by atomic mass is 9.87. The Morgan fingerprint density at radius 3 is 2.80 bits per heavy atom. The van der Waals surface area contributed by atoms with Crippen LogP contribution in [0.25, 0.3) is 16.6 Å². The number of hydrogen-bond donors (Lipinski definition) is 2. The van der Waals surface area contributed by atoms with E-state index in [2.05, 4.69) is 9.97 Å². The van der Waals surface area contributed by atoms with E-state index in [0.717, 1.165) is 31.2 Å². The highest BCUT2D eigenvalue weighted by molar-refractivity contribution is 5.82. The standard InChI is InChI=1S/C19H21N3O3/c20-11-14(19-21-15-8-4-5-9-16(15)22-19)17(23)12-25-18(24)10-13-6-2-1-3-7-13/h4-5,8-9,13,23H,1-3,6-7,10,12H2,(H,21,22)/b17-14-. The Bertz CT molecular complexity index is 793. The van der Waals surface area contributed by atoms with E-state index in [4.69, 9.17) is 4.74 Å². The Hall–Kier alpha value is -2.81. The number of nitrogens with zero attached hydrogens (tertiary/aromatic N) is 2. The highest BCUT2D eigenvalue weighted by Gasteiger charge is 2.19. The predicted molar refractivity (Wildman–Crippen MR) is 93.4 cm³/mol. The molecule has 1 heterocycles. The Morgan fingerprint density at radius 2 is 2.08 bits per heavy atom. The van der Waals surface area contributed by atoms with Gasteiger partial charge in [0.05, 0.1) is 11.0 Å². The van der Waals surface area contributed by atoms with Gasteiger partial charge < -0.3 is 14.8 Å². The lowest BCUT2D eigenvalue weighted by molar-refractivity contribution is -0.144. The normalized spacial score (nSPS) is 16.3. The van der Waals surface area contributed by atoms with Gasteiger partial charge in [0.2, 0.25) is 0 Å². The molecule has 0 amide bonds. The fourth-order valence-corrected chi connectivity index (χ4v) is 3.23. The number of aromatic nitrogens is 2. The number of fused-ring (bicyclic) bond motifs is 1. The molecule has 1 saturated carbocycles. The number of nitriles is 1. The molecule has 0 unspecified atom stereocenters. The number of para-hydroxylation sites is 2. The minimum Gasteiger partial charge on any atom is -0.507 e. The Labute approximate surface area is 146 Å². The van der Waals surface area contributed by atoms with Gasteiger partial charge in [-0.1, -0.05) is 31.4 Å². The van der Waals surface area contributed by atoms with Crippen molar-refractivity contribution >= 4 is 22.6 Å². The molecule has 1 aromatic carbocycles. The van der Waals surface area contributed by atoms with E-state index in [-0.39, 0.29) is 29.7 Å². The molecule has 0 spiro atoms. The third-order valence-electron chi connectivity index (χ3n) is 4.58. The van der Waals surface area contributed by atoms with Gasteiger partial charge >= 0.3 is 5.97 Å². The minimum absolute atomic E-state index is 0.0123. The van der Waals surface area contributed by atoms with Crippen LogP contribution in [0.2, 0.25) is 0 Å². The predicted octanol–water partition coefficient (Wildman–Crippen LogP) is 3.87. The zero-order valence-corrected chi connectivity index (χ0v) is 14.0. The van der Waals surface area contributed by atoms with Gasteiger partial charge in [-0.15, -0.1) is 0 Å². The monoisotopic (exact) mass is 339 g/mol. The van der Waals surface area contributed by atoms with Crippen LogP contribution in [0.4, 0.5) is 0 Å². The number of aliphatic hydroxyl groups is 1. The second-order valence-electron chi connectivity index (χ2n) is 6.40. The van der Waals surface area contributed by atoms with Crippen molar-refractivity contribution in [1.82, 2.24) is 9.97 Å². The zero-order chi connectivity index (χ0) is 17.6. The van der Waals surface area contributed by atoms with Crippen molar-refractivity contribution in [1.29, 1.82) is 5.26 Å². The van der Waals surface area contributed by atoms with Gasteiger partial charge in [0, 0.05) is 6.42 Å². The van der Waals surface area contributed by atoms with Crippen LogP contribution in [-0.4, -0.2) is 27.7 Å². The first-order valence-electron chi connectivity index (χ1n) is 8.60. The molecule has 25 heavy (non-hydrogen) atoms. The molecule has 1 aliphatic carbocycles. The summed E-state index contributed by atoms with van der Waals surface area (Å²) in [5, 5.41) is 19.5. The SMILES string of the molecule is N#C/C(=C(/O)COC(=O)CC1CCCCC1)c1nc2ccccc2[nH]1. The second kappa shape index (κ2) is 7.84. The summed E-state index contributed by atoms with van der Waals surface area (Å²) in [5.74, 6) is 0.0154. The van der Waals surface area contributed by atoms with Crippen LogP contribution in [0.3, 0.4) is 0 Å². The first kappa shape index (κ1) is 17.0. The largest absolute Gasteiger partial charge is 0.507 e. The van der Waals surface area contributed by atoms with E-state index in [1.165, 1.54) is 6.42 Å². The van der Waals surface area contributed by atoms with E-state index >= 15 is 0 Å². The Kier molecular flexibility index (Phi) is 5.34. The third-order valence-corrected chi connectivity index (χ3v) is 4.58. The fraction of sp³-hybridized carbons (Fsp3) is 0.421. The molecule has 6 nitrogen and oxygen atoms in total. The number of carbonyl (C=O) groups excluding carboxylic acids is 1. The average molecular weight is 339 g/mol. The number of carbonyl (C=O) groups is 1. The summed E-state index contributed by atoms with van der Waals surface area (Å²) in [6, 6.07) is 9.27. The Balaban J connectivity index is 1.65. The molecule has 0 saturated heterocycles. The van der Waals surface area contributed by atoms with Gasteiger partial charge in [-0.3, -0.25) is 4.79 Å². The summed E-state index contributed by atoms with van der Waals surface area (Å²) >= 11 is 0. The maximum Gasteiger partial charge on any atom is 0.306 e. The number of nitrogens with one attached hydrogen (secondary N) is 1. The quantitative estimate of drug-likeness (QED) is 0.489. The average Bonchev–Trinajstić information content (AvgIpc) is 3.05.